The topological polar surface area (TPSA) is 41.5 Å². The summed E-state index contributed by atoms with van der Waals surface area (Å²) in [7, 11) is 1.62. The Morgan fingerprint density at radius 3 is 2.79 bits per heavy atom. The average Bonchev–Trinajstić information content (AvgIpc) is 2.09. The van der Waals surface area contributed by atoms with E-state index in [1.165, 1.54) is 0 Å². The molecule has 4 heteroatoms. The Bertz CT molecular complexity index is 350. The van der Waals surface area contributed by atoms with Crippen molar-refractivity contribution < 1.29 is 9.84 Å². The number of hydrogen-bond acceptors (Lipinski definition) is 3. The maximum atomic E-state index is 9.81. The summed E-state index contributed by atoms with van der Waals surface area (Å²) in [6, 6.07) is 3.90. The van der Waals surface area contributed by atoms with Gasteiger partial charge < -0.3 is 15.2 Å². The van der Waals surface area contributed by atoms with Gasteiger partial charge >= 0.3 is 0 Å². The highest BCUT2D eigenvalue weighted by molar-refractivity contribution is 9.10. The third-order valence-electron chi connectivity index (χ3n) is 2.50. The SMILES string of the molecule is COc1cc(Br)c(O)c([C@H]2CCN2)c1. The van der Waals surface area contributed by atoms with Crippen molar-refractivity contribution in [3.05, 3.63) is 22.2 Å². The van der Waals surface area contributed by atoms with Crippen molar-refractivity contribution >= 4 is 15.9 Å². The largest absolute Gasteiger partial charge is 0.506 e. The number of hydrogen-bond donors (Lipinski definition) is 2. The number of nitrogens with one attached hydrogen (secondary N) is 1. The molecule has 0 unspecified atom stereocenters. The lowest BCUT2D eigenvalue weighted by molar-refractivity contribution is 0.358. The molecular weight excluding hydrogens is 246 g/mol. The minimum atomic E-state index is 0.265. The van der Waals surface area contributed by atoms with Crippen molar-refractivity contribution in [2.75, 3.05) is 13.7 Å². The first kappa shape index (κ1) is 9.80. The van der Waals surface area contributed by atoms with Gasteiger partial charge in [-0.3, -0.25) is 0 Å². The van der Waals surface area contributed by atoms with Gasteiger partial charge in [0.2, 0.25) is 0 Å². The maximum absolute atomic E-state index is 9.81. The molecule has 2 rings (SSSR count). The molecule has 0 spiro atoms. The molecular formula is C10H12BrNO2. The number of aromatic hydroxyl groups is 1. The summed E-state index contributed by atoms with van der Waals surface area (Å²) < 4.78 is 5.82. The van der Waals surface area contributed by atoms with E-state index in [4.69, 9.17) is 4.74 Å². The highest BCUT2D eigenvalue weighted by atomic mass is 79.9. The van der Waals surface area contributed by atoms with E-state index in [0.717, 1.165) is 24.3 Å². The first-order chi connectivity index (χ1) is 6.72. The molecule has 1 saturated heterocycles. The Morgan fingerprint density at radius 2 is 2.29 bits per heavy atom. The lowest BCUT2D eigenvalue weighted by Crippen LogP contribution is -2.34. The number of phenols is 1. The molecule has 1 aromatic carbocycles. The smallest absolute Gasteiger partial charge is 0.134 e. The van der Waals surface area contributed by atoms with E-state index in [0.29, 0.717) is 10.2 Å². The second kappa shape index (κ2) is 3.79. The highest BCUT2D eigenvalue weighted by Gasteiger charge is 2.23. The molecule has 0 amide bonds. The van der Waals surface area contributed by atoms with Crippen molar-refractivity contribution in [2.24, 2.45) is 0 Å². The summed E-state index contributed by atoms with van der Waals surface area (Å²) in [5.74, 6) is 1.07. The molecule has 14 heavy (non-hydrogen) atoms. The summed E-state index contributed by atoms with van der Waals surface area (Å²) in [5.41, 5.74) is 0.905. The van der Waals surface area contributed by atoms with Gasteiger partial charge in [-0.05, 0) is 41.0 Å². The number of methoxy groups -OCH3 is 1. The van der Waals surface area contributed by atoms with Crippen LogP contribution in [0.3, 0.4) is 0 Å². The van der Waals surface area contributed by atoms with E-state index in [1.54, 1.807) is 13.2 Å². The number of halogens is 1. The molecule has 0 aromatic heterocycles. The van der Waals surface area contributed by atoms with Crippen LogP contribution in [-0.4, -0.2) is 18.8 Å². The molecule has 1 heterocycles. The summed E-state index contributed by atoms with van der Waals surface area (Å²) in [5, 5.41) is 13.1. The lowest BCUT2D eigenvalue weighted by Gasteiger charge is -2.29. The van der Waals surface area contributed by atoms with Crippen molar-refractivity contribution in [3.8, 4) is 11.5 Å². The molecule has 0 aliphatic carbocycles. The third kappa shape index (κ3) is 1.60. The number of ether oxygens (including phenoxy) is 1. The Hall–Kier alpha value is -0.740. The zero-order valence-electron chi connectivity index (χ0n) is 7.88. The van der Waals surface area contributed by atoms with Crippen LogP contribution in [0.5, 0.6) is 11.5 Å². The van der Waals surface area contributed by atoms with Gasteiger partial charge in [0.25, 0.3) is 0 Å². The standard InChI is InChI=1S/C10H12BrNO2/c1-14-6-4-7(9-2-3-12-9)10(13)8(11)5-6/h4-5,9,12-13H,2-3H2,1H3/t9-/m1/s1. The van der Waals surface area contributed by atoms with Gasteiger partial charge in [-0.1, -0.05) is 0 Å². The molecule has 0 bridgehead atoms. The number of rotatable bonds is 2. The van der Waals surface area contributed by atoms with Crippen molar-refractivity contribution in [1.82, 2.24) is 5.32 Å². The molecule has 1 fully saturated rings. The minimum absolute atomic E-state index is 0.265. The summed E-state index contributed by atoms with van der Waals surface area (Å²) in [6.45, 7) is 1.01. The van der Waals surface area contributed by atoms with E-state index in [9.17, 15) is 5.11 Å². The Morgan fingerprint density at radius 1 is 1.57 bits per heavy atom. The second-order valence-electron chi connectivity index (χ2n) is 3.34. The lowest BCUT2D eigenvalue weighted by atomic mass is 9.97. The van der Waals surface area contributed by atoms with Gasteiger partial charge in [-0.25, -0.2) is 0 Å². The van der Waals surface area contributed by atoms with Crippen LogP contribution in [0.2, 0.25) is 0 Å². The first-order valence-corrected chi connectivity index (χ1v) is 5.31. The highest BCUT2D eigenvalue weighted by Crippen LogP contribution is 2.38. The zero-order valence-corrected chi connectivity index (χ0v) is 9.47. The van der Waals surface area contributed by atoms with Crippen molar-refractivity contribution in [2.45, 2.75) is 12.5 Å². The number of benzene rings is 1. The van der Waals surface area contributed by atoms with E-state index in [2.05, 4.69) is 21.2 Å². The van der Waals surface area contributed by atoms with Gasteiger partial charge in [0.1, 0.15) is 11.5 Å². The van der Waals surface area contributed by atoms with Crippen molar-refractivity contribution in [3.63, 3.8) is 0 Å². The Kier molecular flexibility index (Phi) is 2.65. The van der Waals surface area contributed by atoms with Crippen LogP contribution >= 0.6 is 15.9 Å². The van der Waals surface area contributed by atoms with E-state index in [-0.39, 0.29) is 6.04 Å². The fourth-order valence-corrected chi connectivity index (χ4v) is 1.99. The van der Waals surface area contributed by atoms with Crippen LogP contribution in [0.1, 0.15) is 18.0 Å². The van der Waals surface area contributed by atoms with Gasteiger partial charge in [0, 0.05) is 11.6 Å². The fraction of sp³-hybridized carbons (Fsp3) is 0.400. The normalized spacial score (nSPS) is 20.3. The molecule has 76 valence electrons. The average molecular weight is 258 g/mol. The summed E-state index contributed by atoms with van der Waals surface area (Å²) >= 11 is 3.30. The van der Waals surface area contributed by atoms with E-state index in [1.807, 2.05) is 6.07 Å². The van der Waals surface area contributed by atoms with Crippen LogP contribution in [0.15, 0.2) is 16.6 Å². The summed E-state index contributed by atoms with van der Waals surface area (Å²) in [6.07, 6.45) is 1.06. The fourth-order valence-electron chi connectivity index (χ4n) is 1.53. The monoisotopic (exact) mass is 257 g/mol. The molecule has 3 nitrogen and oxygen atoms in total. The maximum Gasteiger partial charge on any atom is 0.134 e. The molecule has 1 aliphatic rings. The molecule has 1 aliphatic heterocycles. The van der Waals surface area contributed by atoms with Crippen LogP contribution in [0, 0.1) is 0 Å². The number of phenolic OH excluding ortho intramolecular Hbond substituents is 1. The predicted octanol–water partition coefficient (Wildman–Crippen LogP) is 2.20. The quantitative estimate of drug-likeness (QED) is 0.854. The van der Waals surface area contributed by atoms with Crippen LogP contribution < -0.4 is 10.1 Å². The van der Waals surface area contributed by atoms with Gasteiger partial charge in [0.05, 0.1) is 11.6 Å². The molecule has 2 N–H and O–H groups in total. The summed E-state index contributed by atoms with van der Waals surface area (Å²) in [4.78, 5) is 0. The Labute approximate surface area is 91.2 Å². The molecule has 1 aromatic rings. The van der Waals surface area contributed by atoms with Crippen molar-refractivity contribution in [1.29, 1.82) is 0 Å². The van der Waals surface area contributed by atoms with Crippen LogP contribution in [0.4, 0.5) is 0 Å². The molecule has 0 radical (unpaired) electrons. The van der Waals surface area contributed by atoms with E-state index >= 15 is 0 Å². The third-order valence-corrected chi connectivity index (χ3v) is 3.11. The minimum Gasteiger partial charge on any atom is -0.506 e. The second-order valence-corrected chi connectivity index (χ2v) is 4.20. The first-order valence-electron chi connectivity index (χ1n) is 4.52. The van der Waals surface area contributed by atoms with Crippen LogP contribution in [-0.2, 0) is 0 Å². The Balaban J connectivity index is 2.40. The predicted molar refractivity (Wildman–Crippen MR) is 57.7 cm³/mol. The zero-order chi connectivity index (χ0) is 10.1. The van der Waals surface area contributed by atoms with Gasteiger partial charge in [-0.2, -0.15) is 0 Å². The molecule has 1 atom stereocenters. The van der Waals surface area contributed by atoms with Gasteiger partial charge in [0.15, 0.2) is 0 Å². The van der Waals surface area contributed by atoms with E-state index < -0.39 is 0 Å². The van der Waals surface area contributed by atoms with Gasteiger partial charge in [-0.15, -0.1) is 0 Å². The molecule has 0 saturated carbocycles. The van der Waals surface area contributed by atoms with Crippen LogP contribution in [0.25, 0.3) is 0 Å².